The number of ether oxygens (including phenoxy) is 3. The van der Waals surface area contributed by atoms with E-state index in [1.54, 1.807) is 18.2 Å². The number of esters is 1. The summed E-state index contributed by atoms with van der Waals surface area (Å²) in [6.45, 7) is 3.13. The summed E-state index contributed by atoms with van der Waals surface area (Å²) in [5, 5.41) is 0. The van der Waals surface area contributed by atoms with E-state index < -0.39 is 16.0 Å². The number of rotatable bonds is 7. The fourth-order valence-corrected chi connectivity index (χ4v) is 4.26. The van der Waals surface area contributed by atoms with Gasteiger partial charge >= 0.3 is 5.97 Å². The summed E-state index contributed by atoms with van der Waals surface area (Å²) in [6.07, 6.45) is 0. The van der Waals surface area contributed by atoms with Gasteiger partial charge in [-0.2, -0.15) is 4.31 Å². The van der Waals surface area contributed by atoms with Gasteiger partial charge in [0.2, 0.25) is 10.0 Å². The van der Waals surface area contributed by atoms with Crippen molar-refractivity contribution >= 4 is 16.0 Å². The first kappa shape index (κ1) is 20.3. The Hall–Kier alpha value is -2.42. The van der Waals surface area contributed by atoms with Gasteiger partial charge in [0.05, 0.1) is 18.1 Å². The van der Waals surface area contributed by atoms with Gasteiger partial charge in [-0.3, -0.25) is 0 Å². The summed E-state index contributed by atoms with van der Waals surface area (Å²) in [5.41, 5.74) is 1.63. The lowest BCUT2D eigenvalue weighted by Gasteiger charge is -2.26. The Kier molecular flexibility index (Phi) is 6.66. The summed E-state index contributed by atoms with van der Waals surface area (Å²) in [7, 11) is -3.59. The molecule has 0 unspecified atom stereocenters. The van der Waals surface area contributed by atoms with Gasteiger partial charge in [-0.1, -0.05) is 24.3 Å². The molecule has 0 amide bonds. The molecular formula is C20H23NO6S. The van der Waals surface area contributed by atoms with Crippen molar-refractivity contribution in [1.82, 2.24) is 4.31 Å². The fourth-order valence-electron chi connectivity index (χ4n) is 2.78. The van der Waals surface area contributed by atoms with E-state index >= 15 is 0 Å². The highest BCUT2D eigenvalue weighted by atomic mass is 32.2. The molecule has 1 heterocycles. The molecule has 0 bridgehead atoms. The van der Waals surface area contributed by atoms with Crippen LogP contribution in [0.15, 0.2) is 53.4 Å². The van der Waals surface area contributed by atoms with Gasteiger partial charge in [0.25, 0.3) is 0 Å². The minimum Gasteiger partial charge on any atom is -0.482 e. The van der Waals surface area contributed by atoms with Gasteiger partial charge in [0, 0.05) is 13.1 Å². The molecule has 2 aromatic carbocycles. The number of morpholine rings is 1. The van der Waals surface area contributed by atoms with Gasteiger partial charge < -0.3 is 14.2 Å². The number of nitrogens with zero attached hydrogens (tertiary/aromatic N) is 1. The van der Waals surface area contributed by atoms with Crippen LogP contribution in [-0.2, 0) is 30.9 Å². The van der Waals surface area contributed by atoms with E-state index in [-0.39, 0.29) is 18.1 Å². The first-order chi connectivity index (χ1) is 13.4. The van der Waals surface area contributed by atoms with Crippen LogP contribution in [0.2, 0.25) is 0 Å². The van der Waals surface area contributed by atoms with E-state index in [2.05, 4.69) is 0 Å². The van der Waals surface area contributed by atoms with Crippen LogP contribution in [-0.4, -0.2) is 51.6 Å². The van der Waals surface area contributed by atoms with E-state index in [1.807, 2.05) is 25.1 Å². The zero-order valence-electron chi connectivity index (χ0n) is 15.7. The second kappa shape index (κ2) is 9.18. The van der Waals surface area contributed by atoms with Crippen LogP contribution in [0.25, 0.3) is 0 Å². The maximum Gasteiger partial charge on any atom is 0.344 e. The fraction of sp³-hybridized carbons (Fsp3) is 0.350. The summed E-state index contributed by atoms with van der Waals surface area (Å²) < 4.78 is 42.6. The molecule has 0 aromatic heterocycles. The molecule has 0 N–H and O–H groups in total. The lowest BCUT2D eigenvalue weighted by Crippen LogP contribution is -2.40. The van der Waals surface area contributed by atoms with E-state index in [9.17, 15) is 13.2 Å². The van der Waals surface area contributed by atoms with Gasteiger partial charge in [0.15, 0.2) is 6.61 Å². The van der Waals surface area contributed by atoms with Gasteiger partial charge in [0.1, 0.15) is 12.4 Å². The van der Waals surface area contributed by atoms with Crippen LogP contribution < -0.4 is 4.74 Å². The highest BCUT2D eigenvalue weighted by Gasteiger charge is 2.26. The molecule has 1 aliphatic rings. The lowest BCUT2D eigenvalue weighted by molar-refractivity contribution is -0.147. The SMILES string of the molecule is Cc1cccc(OCC(=O)OCc2cccc(S(=O)(=O)N3CCOCC3)c2)c1. The first-order valence-electron chi connectivity index (χ1n) is 8.97. The molecule has 150 valence electrons. The molecule has 1 fully saturated rings. The molecule has 28 heavy (non-hydrogen) atoms. The van der Waals surface area contributed by atoms with Crippen molar-refractivity contribution in [1.29, 1.82) is 0 Å². The van der Waals surface area contributed by atoms with Crippen molar-refractivity contribution in [3.63, 3.8) is 0 Å². The van der Waals surface area contributed by atoms with Crippen LogP contribution in [0, 0.1) is 6.92 Å². The molecule has 3 rings (SSSR count). The van der Waals surface area contributed by atoms with Crippen molar-refractivity contribution in [3.8, 4) is 5.75 Å². The Morgan fingerprint density at radius 3 is 2.61 bits per heavy atom. The molecule has 0 spiro atoms. The summed E-state index contributed by atoms with van der Waals surface area (Å²) in [6, 6.07) is 13.8. The molecule has 8 heteroatoms. The third kappa shape index (κ3) is 5.31. The Morgan fingerprint density at radius 2 is 1.86 bits per heavy atom. The minimum atomic E-state index is -3.59. The molecule has 0 aliphatic carbocycles. The molecular weight excluding hydrogens is 382 g/mol. The van der Waals surface area contributed by atoms with Crippen LogP contribution in [0.1, 0.15) is 11.1 Å². The van der Waals surface area contributed by atoms with Crippen molar-refractivity contribution in [3.05, 3.63) is 59.7 Å². The van der Waals surface area contributed by atoms with Crippen molar-refractivity contribution in [2.24, 2.45) is 0 Å². The number of carbonyl (C=O) groups is 1. The van der Waals surface area contributed by atoms with Crippen molar-refractivity contribution in [2.75, 3.05) is 32.9 Å². The second-order valence-corrected chi connectivity index (χ2v) is 8.37. The number of benzene rings is 2. The Labute approximate surface area is 164 Å². The minimum absolute atomic E-state index is 0.0253. The van der Waals surface area contributed by atoms with Crippen LogP contribution in [0.4, 0.5) is 0 Å². The molecule has 1 saturated heterocycles. The third-order valence-corrected chi connectivity index (χ3v) is 6.15. The van der Waals surface area contributed by atoms with Crippen molar-refractivity contribution < 1.29 is 27.4 Å². The smallest absolute Gasteiger partial charge is 0.344 e. The molecule has 0 atom stereocenters. The predicted molar refractivity (Wildman–Crippen MR) is 102 cm³/mol. The standard InChI is InChI=1S/C20H23NO6S/c1-16-4-2-6-18(12-16)26-15-20(22)27-14-17-5-3-7-19(13-17)28(23,24)21-8-10-25-11-9-21/h2-7,12-13H,8-11,14-15H2,1H3. The number of sulfonamides is 1. The molecule has 1 aliphatic heterocycles. The number of aryl methyl sites for hydroxylation is 1. The van der Waals surface area contributed by atoms with E-state index in [0.29, 0.717) is 37.6 Å². The van der Waals surface area contributed by atoms with E-state index in [4.69, 9.17) is 14.2 Å². The van der Waals surface area contributed by atoms with Crippen LogP contribution in [0.3, 0.4) is 0 Å². The summed E-state index contributed by atoms with van der Waals surface area (Å²) >= 11 is 0. The monoisotopic (exact) mass is 405 g/mol. The molecule has 7 nitrogen and oxygen atoms in total. The Bertz CT molecular complexity index is 922. The maximum absolute atomic E-state index is 12.7. The first-order valence-corrected chi connectivity index (χ1v) is 10.4. The van der Waals surface area contributed by atoms with Crippen LogP contribution >= 0.6 is 0 Å². The zero-order valence-corrected chi connectivity index (χ0v) is 16.5. The van der Waals surface area contributed by atoms with Crippen molar-refractivity contribution in [2.45, 2.75) is 18.4 Å². The highest BCUT2D eigenvalue weighted by Crippen LogP contribution is 2.19. The van der Waals surface area contributed by atoms with Gasteiger partial charge in [-0.05, 0) is 42.3 Å². The Morgan fingerprint density at radius 1 is 1.11 bits per heavy atom. The second-order valence-electron chi connectivity index (χ2n) is 6.43. The summed E-state index contributed by atoms with van der Waals surface area (Å²) in [4.78, 5) is 12.1. The van der Waals surface area contributed by atoms with E-state index in [0.717, 1.165) is 5.56 Å². The van der Waals surface area contributed by atoms with E-state index in [1.165, 1.54) is 16.4 Å². The van der Waals surface area contributed by atoms with Gasteiger partial charge in [-0.25, -0.2) is 13.2 Å². The highest BCUT2D eigenvalue weighted by molar-refractivity contribution is 7.89. The quantitative estimate of drug-likeness (QED) is 0.657. The number of hydrogen-bond acceptors (Lipinski definition) is 6. The molecule has 2 aromatic rings. The van der Waals surface area contributed by atoms with Crippen LogP contribution in [0.5, 0.6) is 5.75 Å². The average molecular weight is 405 g/mol. The maximum atomic E-state index is 12.7. The molecule has 0 saturated carbocycles. The largest absolute Gasteiger partial charge is 0.482 e. The molecule has 0 radical (unpaired) electrons. The van der Waals surface area contributed by atoms with Gasteiger partial charge in [-0.15, -0.1) is 0 Å². The lowest BCUT2D eigenvalue weighted by atomic mass is 10.2. The third-order valence-electron chi connectivity index (χ3n) is 4.25. The normalized spacial score (nSPS) is 15.2. The summed E-state index contributed by atoms with van der Waals surface area (Å²) in [5.74, 6) is 0.0681. The topological polar surface area (TPSA) is 82.1 Å². The number of carbonyl (C=O) groups excluding carboxylic acids is 1. The predicted octanol–water partition coefficient (Wildman–Crippen LogP) is 2.14. The Balaban J connectivity index is 1.56. The number of hydrogen-bond donors (Lipinski definition) is 0. The zero-order chi connectivity index (χ0) is 20.0. The average Bonchev–Trinajstić information content (AvgIpc) is 2.71.